The van der Waals surface area contributed by atoms with Crippen LogP contribution in [-0.2, 0) is 0 Å². The minimum atomic E-state index is -0.293. The first kappa shape index (κ1) is 16.1. The number of nitrogens with zero attached hydrogens (tertiary/aromatic N) is 4. The minimum absolute atomic E-state index is 0.0239. The highest BCUT2D eigenvalue weighted by Crippen LogP contribution is 2.21. The maximum atomic E-state index is 12.3. The van der Waals surface area contributed by atoms with Gasteiger partial charge in [0.25, 0.3) is 5.91 Å². The number of aromatic nitrogens is 4. The molecule has 0 aliphatic heterocycles. The van der Waals surface area contributed by atoms with Gasteiger partial charge < -0.3 is 10.4 Å². The Labute approximate surface area is 139 Å². The molecule has 0 saturated carbocycles. The molecule has 124 valence electrons. The smallest absolute Gasteiger partial charge is 0.273 e. The number of carbonyl (C=O) groups excluding carboxylic acids is 1. The van der Waals surface area contributed by atoms with Crippen molar-refractivity contribution < 1.29 is 9.90 Å². The van der Waals surface area contributed by atoms with Crippen LogP contribution in [0.2, 0.25) is 0 Å². The molecule has 2 aromatic heterocycles. The van der Waals surface area contributed by atoms with Crippen molar-refractivity contribution in [3.05, 3.63) is 47.9 Å². The van der Waals surface area contributed by atoms with E-state index in [1.54, 1.807) is 17.8 Å². The lowest BCUT2D eigenvalue weighted by atomic mass is 10.1. The van der Waals surface area contributed by atoms with Crippen LogP contribution in [0.5, 0.6) is 0 Å². The van der Waals surface area contributed by atoms with Crippen LogP contribution in [0.25, 0.3) is 16.6 Å². The summed E-state index contributed by atoms with van der Waals surface area (Å²) >= 11 is 0. The fraction of sp³-hybridized carbons (Fsp3) is 0.294. The average Bonchev–Trinajstić information content (AvgIpc) is 2.96. The Morgan fingerprint density at radius 1 is 1.33 bits per heavy atom. The maximum Gasteiger partial charge on any atom is 0.273 e. The van der Waals surface area contributed by atoms with E-state index in [2.05, 4.69) is 20.6 Å². The second kappa shape index (κ2) is 6.76. The zero-order valence-corrected chi connectivity index (χ0v) is 13.6. The van der Waals surface area contributed by atoms with E-state index in [9.17, 15) is 4.79 Å². The Morgan fingerprint density at radius 2 is 2.17 bits per heavy atom. The monoisotopic (exact) mass is 325 g/mol. The largest absolute Gasteiger partial charge is 0.396 e. The van der Waals surface area contributed by atoms with Crippen LogP contribution in [0.4, 0.5) is 0 Å². The Hall–Kier alpha value is -2.80. The van der Waals surface area contributed by atoms with Crippen LogP contribution in [0.3, 0.4) is 0 Å². The first-order valence-electron chi connectivity index (χ1n) is 7.80. The van der Waals surface area contributed by atoms with Gasteiger partial charge >= 0.3 is 0 Å². The second-order valence-electron chi connectivity index (χ2n) is 5.67. The Morgan fingerprint density at radius 3 is 2.96 bits per heavy atom. The number of aliphatic hydroxyl groups excluding tert-OH is 1. The van der Waals surface area contributed by atoms with Gasteiger partial charge in [-0.3, -0.25) is 9.78 Å². The summed E-state index contributed by atoms with van der Waals surface area (Å²) in [7, 11) is 0. The number of pyridine rings is 1. The molecule has 1 atom stereocenters. The van der Waals surface area contributed by atoms with Crippen molar-refractivity contribution >= 4 is 16.8 Å². The molecule has 3 rings (SSSR count). The molecule has 7 nitrogen and oxygen atoms in total. The molecule has 3 aromatic rings. The summed E-state index contributed by atoms with van der Waals surface area (Å²) in [6.07, 6.45) is 2.23. The lowest BCUT2D eigenvalue weighted by Crippen LogP contribution is -2.33. The standard InChI is InChI=1S/C17H19N5O2/c1-11(8-10-23)19-17(24)16-12(2)22(21-20-16)15-7-3-6-14-13(15)5-4-9-18-14/h3-7,9,11,23H,8,10H2,1-2H3,(H,19,24)/t11-/m1/s1. The fourth-order valence-corrected chi connectivity index (χ4v) is 2.60. The third kappa shape index (κ3) is 2.98. The molecule has 1 aromatic carbocycles. The van der Waals surface area contributed by atoms with Gasteiger partial charge in [-0.25, -0.2) is 4.68 Å². The normalized spacial score (nSPS) is 12.3. The minimum Gasteiger partial charge on any atom is -0.396 e. The van der Waals surface area contributed by atoms with Gasteiger partial charge in [0.05, 0.1) is 16.9 Å². The van der Waals surface area contributed by atoms with Crippen molar-refractivity contribution in [2.75, 3.05) is 6.61 Å². The van der Waals surface area contributed by atoms with Gasteiger partial charge in [0.1, 0.15) is 0 Å². The predicted molar refractivity (Wildman–Crippen MR) is 90.0 cm³/mol. The number of benzene rings is 1. The van der Waals surface area contributed by atoms with Crippen molar-refractivity contribution in [2.45, 2.75) is 26.3 Å². The number of hydrogen-bond donors (Lipinski definition) is 2. The lowest BCUT2D eigenvalue weighted by molar-refractivity contribution is 0.0928. The maximum absolute atomic E-state index is 12.3. The quantitative estimate of drug-likeness (QED) is 0.743. The molecule has 0 saturated heterocycles. The SMILES string of the molecule is Cc1c(C(=O)N[C@H](C)CCO)nnn1-c1cccc2ncccc12. The van der Waals surface area contributed by atoms with Crippen LogP contribution in [0.15, 0.2) is 36.5 Å². The number of carbonyl (C=O) groups is 1. The number of amides is 1. The third-order valence-electron chi connectivity index (χ3n) is 3.90. The molecule has 0 bridgehead atoms. The van der Waals surface area contributed by atoms with Crippen LogP contribution >= 0.6 is 0 Å². The molecule has 0 aliphatic rings. The molecule has 0 radical (unpaired) electrons. The molecule has 2 heterocycles. The number of aliphatic hydroxyl groups is 1. The lowest BCUT2D eigenvalue weighted by Gasteiger charge is -2.11. The third-order valence-corrected chi connectivity index (χ3v) is 3.90. The number of rotatable bonds is 5. The molecule has 0 unspecified atom stereocenters. The molecular formula is C17H19N5O2. The molecule has 0 fully saturated rings. The van der Waals surface area contributed by atoms with Crippen LogP contribution in [-0.4, -0.2) is 43.6 Å². The second-order valence-corrected chi connectivity index (χ2v) is 5.67. The number of hydrogen-bond acceptors (Lipinski definition) is 5. The van der Waals surface area contributed by atoms with Crippen molar-refractivity contribution in [3.8, 4) is 5.69 Å². The molecule has 0 aliphatic carbocycles. The van der Waals surface area contributed by atoms with E-state index in [1.807, 2.05) is 37.3 Å². The zero-order chi connectivity index (χ0) is 17.1. The van der Waals surface area contributed by atoms with Gasteiger partial charge in [0, 0.05) is 24.2 Å². The summed E-state index contributed by atoms with van der Waals surface area (Å²) in [5.74, 6) is -0.293. The molecule has 2 N–H and O–H groups in total. The average molecular weight is 325 g/mol. The van der Waals surface area contributed by atoms with E-state index in [0.717, 1.165) is 16.6 Å². The molecule has 0 spiro atoms. The zero-order valence-electron chi connectivity index (χ0n) is 13.6. The van der Waals surface area contributed by atoms with Gasteiger partial charge in [-0.2, -0.15) is 0 Å². The van der Waals surface area contributed by atoms with Crippen LogP contribution in [0.1, 0.15) is 29.5 Å². The van der Waals surface area contributed by atoms with E-state index >= 15 is 0 Å². The van der Waals surface area contributed by atoms with E-state index in [0.29, 0.717) is 12.1 Å². The fourth-order valence-electron chi connectivity index (χ4n) is 2.60. The highest BCUT2D eigenvalue weighted by atomic mass is 16.3. The van der Waals surface area contributed by atoms with Crippen molar-refractivity contribution in [1.82, 2.24) is 25.3 Å². The summed E-state index contributed by atoms with van der Waals surface area (Å²) in [6, 6.07) is 9.43. The van der Waals surface area contributed by atoms with Crippen molar-refractivity contribution in [3.63, 3.8) is 0 Å². The van der Waals surface area contributed by atoms with Gasteiger partial charge in [0.15, 0.2) is 5.69 Å². The van der Waals surface area contributed by atoms with Gasteiger partial charge in [-0.1, -0.05) is 11.3 Å². The number of nitrogens with one attached hydrogen (secondary N) is 1. The summed E-state index contributed by atoms with van der Waals surface area (Å²) in [5, 5.41) is 20.9. The van der Waals surface area contributed by atoms with Crippen molar-refractivity contribution in [1.29, 1.82) is 0 Å². The van der Waals surface area contributed by atoms with E-state index in [-0.39, 0.29) is 24.2 Å². The van der Waals surface area contributed by atoms with Gasteiger partial charge in [-0.15, -0.1) is 5.10 Å². The molecule has 7 heteroatoms. The molecule has 24 heavy (non-hydrogen) atoms. The molecule has 1 amide bonds. The van der Waals surface area contributed by atoms with Gasteiger partial charge in [0.2, 0.25) is 0 Å². The molecular weight excluding hydrogens is 306 g/mol. The Kier molecular flexibility index (Phi) is 4.52. The van der Waals surface area contributed by atoms with Gasteiger partial charge in [-0.05, 0) is 44.5 Å². The van der Waals surface area contributed by atoms with Crippen molar-refractivity contribution in [2.24, 2.45) is 0 Å². The summed E-state index contributed by atoms with van der Waals surface area (Å²) in [4.78, 5) is 16.7. The topological polar surface area (TPSA) is 92.9 Å². The highest BCUT2D eigenvalue weighted by molar-refractivity contribution is 5.94. The first-order chi connectivity index (χ1) is 11.6. The summed E-state index contributed by atoms with van der Waals surface area (Å²) < 4.78 is 1.65. The summed E-state index contributed by atoms with van der Waals surface area (Å²) in [5.41, 5.74) is 2.61. The summed E-state index contributed by atoms with van der Waals surface area (Å²) in [6.45, 7) is 3.67. The Balaban J connectivity index is 1.96. The Bertz CT molecular complexity index is 869. The van der Waals surface area contributed by atoms with E-state index in [4.69, 9.17) is 5.11 Å². The van der Waals surface area contributed by atoms with Crippen LogP contribution in [0, 0.1) is 6.92 Å². The number of fused-ring (bicyclic) bond motifs is 1. The van der Waals surface area contributed by atoms with E-state index in [1.165, 1.54) is 0 Å². The highest BCUT2D eigenvalue weighted by Gasteiger charge is 2.19. The first-order valence-corrected chi connectivity index (χ1v) is 7.80. The van der Waals surface area contributed by atoms with Crippen LogP contribution < -0.4 is 5.32 Å². The van der Waals surface area contributed by atoms with E-state index < -0.39 is 0 Å². The predicted octanol–water partition coefficient (Wildman–Crippen LogP) is 1.62.